The molecule has 1 aliphatic rings. The molecule has 0 radical (unpaired) electrons. The maximum absolute atomic E-state index is 12.3. The van der Waals surface area contributed by atoms with Gasteiger partial charge in [0.1, 0.15) is 0 Å². The highest BCUT2D eigenvalue weighted by atomic mass is 32.2. The van der Waals surface area contributed by atoms with E-state index in [1.165, 1.54) is 35.6 Å². The number of nitrogens with zero attached hydrogens (tertiary/aromatic N) is 2. The zero-order valence-electron chi connectivity index (χ0n) is 15.0. The number of carbonyl (C=O) groups is 1. The first-order valence-corrected chi connectivity index (χ1v) is 10.3. The Balaban J connectivity index is 1.56. The van der Waals surface area contributed by atoms with Crippen molar-refractivity contribution in [3.63, 3.8) is 0 Å². The van der Waals surface area contributed by atoms with Gasteiger partial charge >= 0.3 is 0 Å². The van der Waals surface area contributed by atoms with Gasteiger partial charge in [0.15, 0.2) is 5.13 Å². The van der Waals surface area contributed by atoms with E-state index in [-0.39, 0.29) is 18.1 Å². The molecule has 27 heavy (non-hydrogen) atoms. The van der Waals surface area contributed by atoms with Crippen molar-refractivity contribution in [1.82, 2.24) is 9.88 Å². The second-order valence-electron chi connectivity index (χ2n) is 6.45. The van der Waals surface area contributed by atoms with Gasteiger partial charge in [-0.2, -0.15) is 8.78 Å². The maximum Gasteiger partial charge on any atom is 0.288 e. The summed E-state index contributed by atoms with van der Waals surface area (Å²) in [6, 6.07) is 6.09. The molecule has 9 heteroatoms. The fraction of sp³-hybridized carbons (Fsp3) is 0.444. The lowest BCUT2D eigenvalue weighted by atomic mass is 10.2. The quantitative estimate of drug-likeness (QED) is 0.715. The molecule has 2 atom stereocenters. The molecule has 1 N–H and O–H groups in total. The Kier molecular flexibility index (Phi) is 6.80. The molecule has 146 valence electrons. The van der Waals surface area contributed by atoms with Gasteiger partial charge in [0.25, 0.3) is 11.7 Å². The molecule has 3 rings (SSSR count). The highest BCUT2D eigenvalue weighted by molar-refractivity contribution is 7.99. The number of thiazole rings is 1. The van der Waals surface area contributed by atoms with Gasteiger partial charge in [-0.25, -0.2) is 4.98 Å². The highest BCUT2D eigenvalue weighted by Crippen LogP contribution is 2.25. The highest BCUT2D eigenvalue weighted by Gasteiger charge is 2.22. The normalized spacial score (nSPS) is 20.8. The SMILES string of the molecule is C[C@@H]1CN(Cc2csc(NC(=O)c3ccc(SC(F)F)cc3)n2)C[C@@H](C)O1. The third-order valence-electron chi connectivity index (χ3n) is 3.99. The van der Waals surface area contributed by atoms with E-state index in [2.05, 4.69) is 29.0 Å². The molecule has 1 saturated heterocycles. The van der Waals surface area contributed by atoms with E-state index in [0.29, 0.717) is 33.9 Å². The van der Waals surface area contributed by atoms with Crippen LogP contribution in [-0.2, 0) is 11.3 Å². The van der Waals surface area contributed by atoms with E-state index < -0.39 is 5.76 Å². The molecule has 1 fully saturated rings. The van der Waals surface area contributed by atoms with Gasteiger partial charge in [0.05, 0.1) is 17.9 Å². The Morgan fingerprint density at radius 3 is 2.63 bits per heavy atom. The lowest BCUT2D eigenvalue weighted by molar-refractivity contribution is -0.0707. The van der Waals surface area contributed by atoms with Crippen LogP contribution < -0.4 is 5.32 Å². The number of anilines is 1. The van der Waals surface area contributed by atoms with Gasteiger partial charge in [-0.05, 0) is 38.1 Å². The van der Waals surface area contributed by atoms with E-state index in [4.69, 9.17) is 4.74 Å². The van der Waals surface area contributed by atoms with Crippen molar-refractivity contribution in [3.05, 3.63) is 40.9 Å². The first-order chi connectivity index (χ1) is 12.9. The maximum atomic E-state index is 12.3. The molecule has 1 amide bonds. The number of rotatable bonds is 6. The smallest absolute Gasteiger partial charge is 0.288 e. The number of alkyl halides is 2. The lowest BCUT2D eigenvalue weighted by Gasteiger charge is -2.34. The van der Waals surface area contributed by atoms with Crippen molar-refractivity contribution in [2.24, 2.45) is 0 Å². The monoisotopic (exact) mass is 413 g/mol. The number of amides is 1. The zero-order valence-corrected chi connectivity index (χ0v) is 16.7. The summed E-state index contributed by atoms with van der Waals surface area (Å²) in [7, 11) is 0. The second-order valence-corrected chi connectivity index (χ2v) is 8.37. The van der Waals surface area contributed by atoms with Gasteiger partial charge < -0.3 is 4.74 Å². The van der Waals surface area contributed by atoms with E-state index in [9.17, 15) is 13.6 Å². The van der Waals surface area contributed by atoms with Crippen molar-refractivity contribution < 1.29 is 18.3 Å². The summed E-state index contributed by atoms with van der Waals surface area (Å²) >= 11 is 1.82. The first kappa shape index (κ1) is 20.2. The van der Waals surface area contributed by atoms with Crippen LogP contribution in [0.15, 0.2) is 34.5 Å². The summed E-state index contributed by atoms with van der Waals surface area (Å²) in [5, 5.41) is 5.22. The Morgan fingerprint density at radius 1 is 1.33 bits per heavy atom. The van der Waals surface area contributed by atoms with Crippen LogP contribution in [0, 0.1) is 0 Å². The van der Waals surface area contributed by atoms with Gasteiger partial charge in [-0.3, -0.25) is 15.0 Å². The van der Waals surface area contributed by atoms with Crippen LogP contribution in [0.25, 0.3) is 0 Å². The molecule has 2 aromatic rings. The van der Waals surface area contributed by atoms with Crippen LogP contribution in [0.5, 0.6) is 0 Å². The molecule has 1 aromatic carbocycles. The average molecular weight is 414 g/mol. The molecular weight excluding hydrogens is 392 g/mol. The molecule has 0 bridgehead atoms. The van der Waals surface area contributed by atoms with Crippen molar-refractivity contribution in [1.29, 1.82) is 0 Å². The number of carbonyl (C=O) groups excluding carboxylic acids is 1. The fourth-order valence-corrected chi connectivity index (χ4v) is 4.23. The summed E-state index contributed by atoms with van der Waals surface area (Å²) in [6.45, 7) is 6.53. The fourth-order valence-electron chi connectivity index (χ4n) is 3.04. The summed E-state index contributed by atoms with van der Waals surface area (Å²) in [5.74, 6) is -2.78. The van der Waals surface area contributed by atoms with Crippen molar-refractivity contribution in [2.75, 3.05) is 18.4 Å². The molecule has 1 aromatic heterocycles. The van der Waals surface area contributed by atoms with Crippen molar-refractivity contribution in [2.45, 2.75) is 43.3 Å². The number of nitrogens with one attached hydrogen (secondary N) is 1. The Labute approximate surface area is 165 Å². The van der Waals surface area contributed by atoms with E-state index in [1.54, 1.807) is 0 Å². The lowest BCUT2D eigenvalue weighted by Crippen LogP contribution is -2.44. The number of thioether (sulfide) groups is 1. The molecule has 1 aliphatic heterocycles. The van der Waals surface area contributed by atoms with Gasteiger partial charge in [-0.1, -0.05) is 11.8 Å². The Morgan fingerprint density at radius 2 is 2.00 bits per heavy atom. The van der Waals surface area contributed by atoms with Gasteiger partial charge in [-0.15, -0.1) is 11.3 Å². The van der Waals surface area contributed by atoms with Crippen LogP contribution in [0.4, 0.5) is 13.9 Å². The van der Waals surface area contributed by atoms with Crippen LogP contribution >= 0.6 is 23.1 Å². The molecular formula is C18H21F2N3O2S2. The summed E-state index contributed by atoms with van der Waals surface area (Å²) in [6.07, 6.45) is 0.385. The number of hydrogen-bond donors (Lipinski definition) is 1. The molecule has 0 saturated carbocycles. The summed E-state index contributed by atoms with van der Waals surface area (Å²) in [5.41, 5.74) is 1.31. The van der Waals surface area contributed by atoms with Gasteiger partial charge in [0, 0.05) is 35.5 Å². The van der Waals surface area contributed by atoms with Crippen LogP contribution in [0.2, 0.25) is 0 Å². The minimum Gasteiger partial charge on any atom is -0.373 e. The Bertz CT molecular complexity index is 760. The minimum absolute atomic E-state index is 0.192. The van der Waals surface area contributed by atoms with Crippen molar-refractivity contribution in [3.8, 4) is 0 Å². The third kappa shape index (κ3) is 5.97. The number of ether oxygens (including phenoxy) is 1. The molecule has 0 unspecified atom stereocenters. The largest absolute Gasteiger partial charge is 0.373 e. The van der Waals surface area contributed by atoms with Crippen LogP contribution in [0.3, 0.4) is 0 Å². The predicted octanol–water partition coefficient (Wildman–Crippen LogP) is 4.32. The van der Waals surface area contributed by atoms with Gasteiger partial charge in [0.2, 0.25) is 0 Å². The van der Waals surface area contributed by atoms with Crippen LogP contribution in [0.1, 0.15) is 29.9 Å². The van der Waals surface area contributed by atoms with Crippen LogP contribution in [-0.4, -0.2) is 46.8 Å². The van der Waals surface area contributed by atoms with E-state index in [1.807, 2.05) is 5.38 Å². The molecule has 2 heterocycles. The van der Waals surface area contributed by atoms with E-state index in [0.717, 1.165) is 18.8 Å². The molecule has 0 spiro atoms. The Hall–Kier alpha value is -1.55. The standard InChI is InChI=1S/C18H21F2N3O2S2/c1-11-7-23(8-12(2)25-11)9-14-10-26-18(21-14)22-16(24)13-3-5-15(6-4-13)27-17(19)20/h3-6,10-12,17H,7-9H2,1-2H3,(H,21,22,24)/t11-,12-/m1/s1. The number of halogens is 2. The summed E-state index contributed by atoms with van der Waals surface area (Å²) < 4.78 is 30.4. The number of hydrogen-bond acceptors (Lipinski definition) is 6. The number of morpholine rings is 1. The number of aromatic nitrogens is 1. The minimum atomic E-state index is -2.48. The molecule has 5 nitrogen and oxygen atoms in total. The predicted molar refractivity (Wildman–Crippen MR) is 104 cm³/mol. The average Bonchev–Trinajstić information content (AvgIpc) is 3.00. The number of benzene rings is 1. The van der Waals surface area contributed by atoms with E-state index >= 15 is 0 Å². The third-order valence-corrected chi connectivity index (χ3v) is 5.52. The second kappa shape index (κ2) is 9.09. The first-order valence-electron chi connectivity index (χ1n) is 8.57. The summed E-state index contributed by atoms with van der Waals surface area (Å²) in [4.78, 5) is 19.5. The van der Waals surface area contributed by atoms with Crippen molar-refractivity contribution >= 4 is 34.1 Å². The molecule has 0 aliphatic carbocycles. The topological polar surface area (TPSA) is 54.5 Å². The zero-order chi connectivity index (χ0) is 19.4.